The third-order valence-corrected chi connectivity index (χ3v) is 2.92. The van der Waals surface area contributed by atoms with Crippen molar-refractivity contribution in [2.45, 2.75) is 0 Å². The lowest BCUT2D eigenvalue weighted by molar-refractivity contribution is 0.0999. The zero-order valence-electron chi connectivity index (χ0n) is 10.9. The second-order valence-electron chi connectivity index (χ2n) is 4.28. The molecule has 7 heteroatoms. The summed E-state index contributed by atoms with van der Waals surface area (Å²) in [7, 11) is 0. The van der Waals surface area contributed by atoms with E-state index in [1.165, 1.54) is 24.5 Å². The van der Waals surface area contributed by atoms with Crippen LogP contribution in [0.25, 0.3) is 11.1 Å². The molecule has 0 unspecified atom stereocenters. The predicted molar refractivity (Wildman–Crippen MR) is 75.2 cm³/mol. The maximum absolute atomic E-state index is 11.6. The van der Waals surface area contributed by atoms with Crippen LogP contribution in [-0.4, -0.2) is 22.7 Å². The lowest BCUT2D eigenvalue weighted by Crippen LogP contribution is -2.21. The van der Waals surface area contributed by atoms with Crippen LogP contribution in [-0.2, 0) is 0 Å². The van der Waals surface area contributed by atoms with E-state index >= 15 is 0 Å². The van der Waals surface area contributed by atoms with Gasteiger partial charge in [0.15, 0.2) is 0 Å². The highest BCUT2D eigenvalue weighted by atomic mass is 16.2. The fourth-order valence-electron chi connectivity index (χ4n) is 2.00. The van der Waals surface area contributed by atoms with Crippen molar-refractivity contribution in [3.05, 3.63) is 53.3 Å². The number of nitrogens with two attached hydrogens (primary N) is 3. The second-order valence-corrected chi connectivity index (χ2v) is 4.28. The Labute approximate surface area is 119 Å². The zero-order chi connectivity index (χ0) is 15.6. The first-order chi connectivity index (χ1) is 9.91. The molecule has 2 aromatic rings. The maximum Gasteiger partial charge on any atom is 0.249 e. The van der Waals surface area contributed by atoms with Crippen LogP contribution in [0.5, 0.6) is 0 Å². The lowest BCUT2D eigenvalue weighted by atomic mass is 9.91. The molecule has 0 fully saturated rings. The first kappa shape index (κ1) is 14.2. The van der Waals surface area contributed by atoms with Crippen molar-refractivity contribution in [2.24, 2.45) is 17.2 Å². The molecule has 7 nitrogen and oxygen atoms in total. The van der Waals surface area contributed by atoms with E-state index in [0.717, 1.165) is 0 Å². The second kappa shape index (κ2) is 5.41. The number of nitrogens with zero attached hydrogens (tertiary/aromatic N) is 1. The van der Waals surface area contributed by atoms with Crippen LogP contribution in [0.15, 0.2) is 36.7 Å². The highest BCUT2D eigenvalue weighted by Crippen LogP contribution is 2.28. The van der Waals surface area contributed by atoms with Gasteiger partial charge in [-0.1, -0.05) is 0 Å². The summed E-state index contributed by atoms with van der Waals surface area (Å²) >= 11 is 0. The first-order valence-electron chi connectivity index (χ1n) is 5.89. The molecule has 0 spiro atoms. The van der Waals surface area contributed by atoms with E-state index in [9.17, 15) is 14.4 Å². The van der Waals surface area contributed by atoms with Gasteiger partial charge in [-0.05, 0) is 29.8 Å². The Hall–Kier alpha value is -3.22. The van der Waals surface area contributed by atoms with Crippen molar-refractivity contribution in [1.82, 2.24) is 4.98 Å². The largest absolute Gasteiger partial charge is 0.366 e. The Kier molecular flexibility index (Phi) is 3.66. The molecule has 0 aliphatic heterocycles. The minimum atomic E-state index is -0.799. The van der Waals surface area contributed by atoms with Crippen molar-refractivity contribution in [1.29, 1.82) is 0 Å². The van der Waals surface area contributed by atoms with Gasteiger partial charge in [-0.2, -0.15) is 0 Å². The van der Waals surface area contributed by atoms with Crippen LogP contribution < -0.4 is 17.2 Å². The van der Waals surface area contributed by atoms with Crippen molar-refractivity contribution in [3.63, 3.8) is 0 Å². The fraction of sp³-hybridized carbons (Fsp3) is 0. The normalized spacial score (nSPS) is 10.1. The average molecular weight is 284 g/mol. The molecule has 0 aliphatic carbocycles. The minimum absolute atomic E-state index is 0.00806. The molecule has 0 atom stereocenters. The monoisotopic (exact) mass is 284 g/mol. The Balaban J connectivity index is 2.86. The van der Waals surface area contributed by atoms with Gasteiger partial charge in [0.1, 0.15) is 0 Å². The van der Waals surface area contributed by atoms with Gasteiger partial charge in [-0.25, -0.2) is 0 Å². The molecule has 2 rings (SSSR count). The van der Waals surface area contributed by atoms with Crippen LogP contribution in [0.2, 0.25) is 0 Å². The number of amides is 3. The Morgan fingerprint density at radius 3 is 1.67 bits per heavy atom. The fourth-order valence-corrected chi connectivity index (χ4v) is 2.00. The number of carbonyl (C=O) groups excluding carboxylic acids is 3. The standard InChI is InChI=1S/C14H12N4O3/c15-12(19)8-5-9(13(16)20)11(10(6-8)14(17)21)7-1-3-18-4-2-7/h1-6H,(H2,15,19)(H2,16,20)(H2,17,21). The van der Waals surface area contributed by atoms with Crippen LogP contribution in [0.3, 0.4) is 0 Å². The van der Waals surface area contributed by atoms with Gasteiger partial charge in [0, 0.05) is 34.6 Å². The molecule has 0 bridgehead atoms. The summed E-state index contributed by atoms with van der Waals surface area (Å²) in [5.41, 5.74) is 16.6. The molecule has 0 saturated heterocycles. The van der Waals surface area contributed by atoms with E-state index in [4.69, 9.17) is 17.2 Å². The minimum Gasteiger partial charge on any atom is -0.366 e. The topological polar surface area (TPSA) is 142 Å². The molecule has 6 N–H and O–H groups in total. The van der Waals surface area contributed by atoms with Gasteiger partial charge in [0.05, 0.1) is 0 Å². The quantitative estimate of drug-likeness (QED) is 0.728. The number of hydrogen-bond acceptors (Lipinski definition) is 4. The van der Waals surface area contributed by atoms with Crippen molar-refractivity contribution in [3.8, 4) is 11.1 Å². The number of pyridine rings is 1. The Bertz CT molecular complexity index is 706. The van der Waals surface area contributed by atoms with E-state index in [1.807, 2.05) is 0 Å². The summed E-state index contributed by atoms with van der Waals surface area (Å²) in [6.45, 7) is 0. The third-order valence-electron chi connectivity index (χ3n) is 2.92. The Morgan fingerprint density at radius 1 is 0.810 bits per heavy atom. The average Bonchev–Trinajstić information content (AvgIpc) is 2.46. The SMILES string of the molecule is NC(=O)c1cc(C(N)=O)c(-c2ccncc2)c(C(N)=O)c1. The number of benzene rings is 1. The van der Waals surface area contributed by atoms with Gasteiger partial charge < -0.3 is 17.2 Å². The zero-order valence-corrected chi connectivity index (χ0v) is 10.9. The van der Waals surface area contributed by atoms with Crippen molar-refractivity contribution in [2.75, 3.05) is 0 Å². The molecule has 1 aromatic heterocycles. The van der Waals surface area contributed by atoms with E-state index in [1.54, 1.807) is 12.1 Å². The number of hydrogen-bond donors (Lipinski definition) is 3. The molecule has 106 valence electrons. The van der Waals surface area contributed by atoms with Crippen LogP contribution in [0.1, 0.15) is 31.1 Å². The van der Waals surface area contributed by atoms with Gasteiger partial charge in [0.2, 0.25) is 17.7 Å². The maximum atomic E-state index is 11.6. The van der Waals surface area contributed by atoms with Gasteiger partial charge in [-0.15, -0.1) is 0 Å². The molecule has 1 heterocycles. The Morgan fingerprint density at radius 2 is 1.29 bits per heavy atom. The van der Waals surface area contributed by atoms with Crippen molar-refractivity contribution >= 4 is 17.7 Å². The number of aromatic nitrogens is 1. The highest BCUT2D eigenvalue weighted by molar-refractivity contribution is 6.11. The smallest absolute Gasteiger partial charge is 0.249 e. The van der Waals surface area contributed by atoms with Gasteiger partial charge in [0.25, 0.3) is 0 Å². The molecular weight excluding hydrogens is 272 g/mol. The van der Waals surface area contributed by atoms with Gasteiger partial charge >= 0.3 is 0 Å². The van der Waals surface area contributed by atoms with E-state index < -0.39 is 17.7 Å². The summed E-state index contributed by atoms with van der Waals surface area (Å²) in [6, 6.07) is 5.68. The van der Waals surface area contributed by atoms with Gasteiger partial charge in [-0.3, -0.25) is 19.4 Å². The molecule has 0 aliphatic rings. The summed E-state index contributed by atoms with van der Waals surface area (Å²) in [5.74, 6) is -2.39. The lowest BCUT2D eigenvalue weighted by Gasteiger charge is -2.13. The molecule has 21 heavy (non-hydrogen) atoms. The molecule has 0 radical (unpaired) electrons. The molecule has 0 saturated carbocycles. The van der Waals surface area contributed by atoms with Crippen LogP contribution in [0, 0.1) is 0 Å². The molecule has 1 aromatic carbocycles. The van der Waals surface area contributed by atoms with Crippen LogP contribution in [0.4, 0.5) is 0 Å². The van der Waals surface area contributed by atoms with Crippen LogP contribution >= 0.6 is 0 Å². The summed E-state index contributed by atoms with van der Waals surface area (Å²) in [6.07, 6.45) is 2.99. The van der Waals surface area contributed by atoms with E-state index in [-0.39, 0.29) is 22.3 Å². The predicted octanol–water partition coefficient (Wildman–Crippen LogP) is 0.0453. The number of rotatable bonds is 4. The van der Waals surface area contributed by atoms with E-state index in [2.05, 4.69) is 4.98 Å². The van der Waals surface area contributed by atoms with Crippen molar-refractivity contribution < 1.29 is 14.4 Å². The summed E-state index contributed by atoms with van der Waals surface area (Å²) < 4.78 is 0. The highest BCUT2D eigenvalue weighted by Gasteiger charge is 2.20. The summed E-state index contributed by atoms with van der Waals surface area (Å²) in [4.78, 5) is 38.5. The molecule has 3 amide bonds. The number of carbonyl (C=O) groups is 3. The third kappa shape index (κ3) is 2.71. The number of primary amides is 3. The first-order valence-corrected chi connectivity index (χ1v) is 5.89. The van der Waals surface area contributed by atoms with E-state index in [0.29, 0.717) is 5.56 Å². The summed E-state index contributed by atoms with van der Waals surface area (Å²) in [5, 5.41) is 0. The molecular formula is C14H12N4O3.